The first-order chi connectivity index (χ1) is 11.5. The van der Waals surface area contributed by atoms with Gasteiger partial charge in [-0.3, -0.25) is 9.54 Å². The molecule has 0 aromatic carbocycles. The SMILES string of the molecule is CCCCCCCCCCCCOS(=O)(=O)O.Cc1ccncc1. The molecule has 1 aromatic heterocycles. The molecular weight excluding hydrogens is 326 g/mol. The maximum atomic E-state index is 10.2. The summed E-state index contributed by atoms with van der Waals surface area (Å²) in [6.07, 6.45) is 15.4. The third kappa shape index (κ3) is 19.1. The molecule has 0 amide bonds. The van der Waals surface area contributed by atoms with Gasteiger partial charge in [0.25, 0.3) is 0 Å². The number of rotatable bonds is 12. The molecule has 0 saturated carbocycles. The zero-order valence-electron chi connectivity index (χ0n) is 15.1. The Hall–Kier alpha value is -0.980. The maximum absolute atomic E-state index is 10.2. The van der Waals surface area contributed by atoms with Gasteiger partial charge in [0.1, 0.15) is 0 Å². The minimum absolute atomic E-state index is 0.0926. The van der Waals surface area contributed by atoms with Crippen molar-refractivity contribution in [3.05, 3.63) is 30.1 Å². The number of aryl methyl sites for hydroxylation is 1. The van der Waals surface area contributed by atoms with E-state index in [0.717, 1.165) is 12.8 Å². The van der Waals surface area contributed by atoms with E-state index in [1.165, 1.54) is 50.5 Å². The number of aromatic nitrogens is 1. The monoisotopic (exact) mass is 359 g/mol. The molecule has 0 aliphatic rings. The lowest BCUT2D eigenvalue weighted by Gasteiger charge is -2.02. The Balaban J connectivity index is 0.000000620. The van der Waals surface area contributed by atoms with Crippen molar-refractivity contribution in [2.24, 2.45) is 0 Å². The van der Waals surface area contributed by atoms with Gasteiger partial charge in [-0.2, -0.15) is 8.42 Å². The molecule has 0 unspecified atom stereocenters. The zero-order chi connectivity index (χ0) is 18.1. The highest BCUT2D eigenvalue weighted by atomic mass is 32.3. The van der Waals surface area contributed by atoms with Crippen molar-refractivity contribution in [1.29, 1.82) is 0 Å². The molecule has 24 heavy (non-hydrogen) atoms. The van der Waals surface area contributed by atoms with Gasteiger partial charge in [0, 0.05) is 12.4 Å². The molecule has 0 atom stereocenters. The summed E-state index contributed by atoms with van der Waals surface area (Å²) >= 11 is 0. The van der Waals surface area contributed by atoms with Gasteiger partial charge in [-0.15, -0.1) is 0 Å². The van der Waals surface area contributed by atoms with Gasteiger partial charge < -0.3 is 0 Å². The molecule has 0 aliphatic heterocycles. The molecule has 0 aliphatic carbocycles. The van der Waals surface area contributed by atoms with Crippen LogP contribution in [-0.2, 0) is 14.6 Å². The van der Waals surface area contributed by atoms with Crippen LogP contribution in [0, 0.1) is 6.92 Å². The van der Waals surface area contributed by atoms with Crippen LogP contribution in [0.2, 0.25) is 0 Å². The predicted octanol–water partition coefficient (Wildman–Crippen LogP) is 5.12. The van der Waals surface area contributed by atoms with Crippen molar-refractivity contribution >= 4 is 10.4 Å². The molecule has 1 heterocycles. The van der Waals surface area contributed by atoms with Gasteiger partial charge in [-0.25, -0.2) is 4.18 Å². The van der Waals surface area contributed by atoms with E-state index in [4.69, 9.17) is 4.55 Å². The molecule has 0 saturated heterocycles. The lowest BCUT2D eigenvalue weighted by atomic mass is 10.1. The van der Waals surface area contributed by atoms with Crippen LogP contribution in [0.25, 0.3) is 0 Å². The largest absolute Gasteiger partial charge is 0.397 e. The van der Waals surface area contributed by atoms with Crippen molar-refractivity contribution in [2.75, 3.05) is 6.61 Å². The lowest BCUT2D eigenvalue weighted by molar-refractivity contribution is 0.261. The van der Waals surface area contributed by atoms with E-state index < -0.39 is 10.4 Å². The number of hydrogen-bond donors (Lipinski definition) is 1. The van der Waals surface area contributed by atoms with E-state index in [0.29, 0.717) is 6.42 Å². The summed E-state index contributed by atoms with van der Waals surface area (Å²) in [4.78, 5) is 3.85. The van der Waals surface area contributed by atoms with Crippen LogP contribution in [-0.4, -0.2) is 24.6 Å². The first-order valence-electron chi connectivity index (χ1n) is 8.94. The predicted molar refractivity (Wildman–Crippen MR) is 98.3 cm³/mol. The van der Waals surface area contributed by atoms with Crippen LogP contribution in [0.4, 0.5) is 0 Å². The van der Waals surface area contributed by atoms with E-state index >= 15 is 0 Å². The number of hydrogen-bond acceptors (Lipinski definition) is 4. The van der Waals surface area contributed by atoms with E-state index in [1.807, 2.05) is 19.1 Å². The first kappa shape index (κ1) is 23.0. The average Bonchev–Trinajstić information content (AvgIpc) is 2.53. The van der Waals surface area contributed by atoms with Crippen LogP contribution in [0.1, 0.15) is 76.7 Å². The highest BCUT2D eigenvalue weighted by Crippen LogP contribution is 2.10. The van der Waals surface area contributed by atoms with Gasteiger partial charge in [-0.1, -0.05) is 64.7 Å². The second-order valence-corrected chi connectivity index (χ2v) is 7.05. The summed E-state index contributed by atoms with van der Waals surface area (Å²) in [5.41, 5.74) is 1.26. The molecule has 1 N–H and O–H groups in total. The summed E-state index contributed by atoms with van der Waals surface area (Å²) in [6.45, 7) is 4.35. The fourth-order valence-electron chi connectivity index (χ4n) is 2.18. The smallest absolute Gasteiger partial charge is 0.265 e. The second kappa shape index (κ2) is 15.5. The Kier molecular flexibility index (Phi) is 14.9. The van der Waals surface area contributed by atoms with Crippen molar-refractivity contribution in [1.82, 2.24) is 4.98 Å². The van der Waals surface area contributed by atoms with Crippen molar-refractivity contribution < 1.29 is 17.2 Å². The van der Waals surface area contributed by atoms with E-state index in [2.05, 4.69) is 16.1 Å². The lowest BCUT2D eigenvalue weighted by Crippen LogP contribution is -2.04. The van der Waals surface area contributed by atoms with E-state index in [-0.39, 0.29) is 6.61 Å². The molecule has 0 spiro atoms. The molecule has 0 bridgehead atoms. The van der Waals surface area contributed by atoms with Crippen molar-refractivity contribution in [3.8, 4) is 0 Å². The van der Waals surface area contributed by atoms with E-state index in [1.54, 1.807) is 12.4 Å². The molecular formula is C18H33NO4S. The average molecular weight is 360 g/mol. The Bertz CT molecular complexity index is 477. The molecule has 1 rings (SSSR count). The minimum Gasteiger partial charge on any atom is -0.265 e. The highest BCUT2D eigenvalue weighted by molar-refractivity contribution is 7.80. The normalized spacial score (nSPS) is 11.0. The summed E-state index contributed by atoms with van der Waals surface area (Å²) in [6, 6.07) is 3.94. The fourth-order valence-corrected chi connectivity index (χ4v) is 2.51. The molecule has 0 radical (unpaired) electrons. The third-order valence-corrected chi connectivity index (χ3v) is 4.04. The van der Waals surface area contributed by atoms with Crippen LogP contribution < -0.4 is 0 Å². The van der Waals surface area contributed by atoms with Crippen LogP contribution in [0.5, 0.6) is 0 Å². The molecule has 1 aromatic rings. The number of pyridine rings is 1. The fraction of sp³-hybridized carbons (Fsp3) is 0.722. The Morgan fingerprint density at radius 1 is 0.917 bits per heavy atom. The Morgan fingerprint density at radius 2 is 1.38 bits per heavy atom. The second-order valence-electron chi connectivity index (χ2n) is 5.96. The van der Waals surface area contributed by atoms with E-state index in [9.17, 15) is 8.42 Å². The molecule has 0 fully saturated rings. The van der Waals surface area contributed by atoms with Gasteiger partial charge in [0.2, 0.25) is 0 Å². The van der Waals surface area contributed by atoms with Gasteiger partial charge in [0.05, 0.1) is 6.61 Å². The van der Waals surface area contributed by atoms with Crippen molar-refractivity contribution in [3.63, 3.8) is 0 Å². The summed E-state index contributed by atoms with van der Waals surface area (Å²) < 4.78 is 33.0. The molecule has 140 valence electrons. The highest BCUT2D eigenvalue weighted by Gasteiger charge is 2.02. The Labute approximate surface area is 147 Å². The summed E-state index contributed by atoms with van der Waals surface area (Å²) in [5.74, 6) is 0. The van der Waals surface area contributed by atoms with Gasteiger partial charge >= 0.3 is 10.4 Å². The summed E-state index contributed by atoms with van der Waals surface area (Å²) in [7, 11) is -4.23. The third-order valence-electron chi connectivity index (χ3n) is 3.58. The van der Waals surface area contributed by atoms with Crippen LogP contribution >= 0.6 is 0 Å². The minimum atomic E-state index is -4.23. The quantitative estimate of drug-likeness (QED) is 0.414. The van der Waals surface area contributed by atoms with Crippen LogP contribution in [0.15, 0.2) is 24.5 Å². The Morgan fingerprint density at radius 3 is 1.75 bits per heavy atom. The van der Waals surface area contributed by atoms with Crippen molar-refractivity contribution in [2.45, 2.75) is 78.1 Å². The molecule has 6 heteroatoms. The summed E-state index contributed by atoms with van der Waals surface area (Å²) in [5, 5.41) is 0. The van der Waals surface area contributed by atoms with Crippen LogP contribution in [0.3, 0.4) is 0 Å². The topological polar surface area (TPSA) is 76.5 Å². The zero-order valence-corrected chi connectivity index (χ0v) is 15.9. The standard InChI is InChI=1S/C12H26O4S.C6H7N/c1-2-3-4-5-6-7-8-9-10-11-12-16-17(13,14)15;1-6-2-4-7-5-3-6/h2-12H2,1H3,(H,13,14,15);2-5H,1H3. The number of nitrogens with zero attached hydrogens (tertiary/aromatic N) is 1. The first-order valence-corrected chi connectivity index (χ1v) is 10.3. The van der Waals surface area contributed by atoms with Gasteiger partial charge in [0.15, 0.2) is 0 Å². The number of unbranched alkanes of at least 4 members (excludes halogenated alkanes) is 9. The van der Waals surface area contributed by atoms with Gasteiger partial charge in [-0.05, 0) is 31.0 Å². The molecule has 5 nitrogen and oxygen atoms in total. The maximum Gasteiger partial charge on any atom is 0.397 e.